The predicted octanol–water partition coefficient (Wildman–Crippen LogP) is 2.70. The van der Waals surface area contributed by atoms with Crippen LogP contribution in [0.2, 0.25) is 0 Å². The van der Waals surface area contributed by atoms with Gasteiger partial charge in [0, 0.05) is 0 Å². The molecule has 1 aromatic rings. The molecular formula is C9H12BrN3S. The molecule has 0 aromatic carbocycles. The molecule has 2 rings (SSSR count). The first-order chi connectivity index (χ1) is 6.68. The Kier molecular flexibility index (Phi) is 2.97. The summed E-state index contributed by atoms with van der Waals surface area (Å²) >= 11 is 5.29. The second-order valence-electron chi connectivity index (χ2n) is 3.37. The van der Waals surface area contributed by atoms with E-state index >= 15 is 0 Å². The van der Waals surface area contributed by atoms with Crippen LogP contribution in [0.5, 0.6) is 0 Å². The van der Waals surface area contributed by atoms with Crippen LogP contribution >= 0.6 is 27.7 Å². The molecule has 2 heterocycles. The van der Waals surface area contributed by atoms with Gasteiger partial charge >= 0.3 is 0 Å². The number of nitrogens with zero attached hydrogens (tertiary/aromatic N) is 2. The molecule has 1 fully saturated rings. The number of halogens is 1. The van der Waals surface area contributed by atoms with Crippen LogP contribution in [0.4, 0.5) is 5.82 Å². The number of hydrogen-bond acceptors (Lipinski definition) is 4. The van der Waals surface area contributed by atoms with Crippen molar-refractivity contribution in [3.8, 4) is 0 Å². The number of anilines is 1. The maximum atomic E-state index is 5.78. The molecule has 0 aliphatic carbocycles. The zero-order chi connectivity index (χ0) is 10.1. The van der Waals surface area contributed by atoms with Gasteiger partial charge in [-0.15, -0.1) is 0 Å². The first-order valence-electron chi connectivity index (χ1n) is 4.59. The number of rotatable bonds is 1. The average molecular weight is 274 g/mol. The van der Waals surface area contributed by atoms with Gasteiger partial charge in [-0.3, -0.25) is 0 Å². The fraction of sp³-hybridized carbons (Fsp3) is 0.556. The summed E-state index contributed by atoms with van der Waals surface area (Å²) < 4.78 is 0.823. The van der Waals surface area contributed by atoms with E-state index in [4.69, 9.17) is 5.73 Å². The zero-order valence-electron chi connectivity index (χ0n) is 7.96. The Bertz CT molecular complexity index is 327. The lowest BCUT2D eigenvalue weighted by atomic mass is 10.2. The van der Waals surface area contributed by atoms with Crippen molar-refractivity contribution >= 4 is 33.5 Å². The fourth-order valence-electron chi connectivity index (χ4n) is 1.53. The van der Waals surface area contributed by atoms with Gasteiger partial charge in [0.2, 0.25) is 0 Å². The number of nitrogen functional groups attached to an aromatic ring is 1. The molecule has 5 heteroatoms. The Morgan fingerprint density at radius 3 is 2.86 bits per heavy atom. The minimum atomic E-state index is 0.448. The third kappa shape index (κ3) is 1.88. The summed E-state index contributed by atoms with van der Waals surface area (Å²) in [7, 11) is 0. The molecular weight excluding hydrogens is 262 g/mol. The quantitative estimate of drug-likeness (QED) is 0.855. The molecule has 1 aliphatic heterocycles. The van der Waals surface area contributed by atoms with Gasteiger partial charge in [0.05, 0.1) is 15.4 Å². The van der Waals surface area contributed by atoms with Gasteiger partial charge < -0.3 is 5.73 Å². The van der Waals surface area contributed by atoms with Crippen LogP contribution in [0, 0.1) is 6.92 Å². The fourth-order valence-corrected chi connectivity index (χ4v) is 2.91. The normalized spacial score (nSPS) is 21.4. The lowest BCUT2D eigenvalue weighted by Gasteiger charge is -2.09. The van der Waals surface area contributed by atoms with Crippen molar-refractivity contribution in [1.29, 1.82) is 0 Å². The molecule has 0 radical (unpaired) electrons. The second-order valence-corrected chi connectivity index (χ2v) is 5.47. The van der Waals surface area contributed by atoms with Crippen LogP contribution in [-0.2, 0) is 0 Å². The summed E-state index contributed by atoms with van der Waals surface area (Å²) in [5, 5.41) is 0.448. The molecule has 1 unspecified atom stereocenters. The summed E-state index contributed by atoms with van der Waals surface area (Å²) in [6, 6.07) is 0. The summed E-state index contributed by atoms with van der Waals surface area (Å²) in [6.45, 7) is 1.95. The van der Waals surface area contributed by atoms with Crippen LogP contribution in [0.1, 0.15) is 29.6 Å². The van der Waals surface area contributed by atoms with Crippen LogP contribution in [-0.4, -0.2) is 15.7 Å². The van der Waals surface area contributed by atoms with Crippen LogP contribution < -0.4 is 5.73 Å². The van der Waals surface area contributed by atoms with Crippen molar-refractivity contribution in [3.63, 3.8) is 0 Å². The van der Waals surface area contributed by atoms with E-state index in [1.54, 1.807) is 0 Å². The second kappa shape index (κ2) is 4.06. The van der Waals surface area contributed by atoms with Gasteiger partial charge in [-0.2, -0.15) is 11.8 Å². The minimum absolute atomic E-state index is 0.448. The molecule has 0 bridgehead atoms. The number of nitrogens with two attached hydrogens (primary N) is 1. The van der Waals surface area contributed by atoms with E-state index in [1.807, 2.05) is 18.7 Å². The third-order valence-corrected chi connectivity index (χ3v) is 4.63. The monoisotopic (exact) mass is 273 g/mol. The Labute approximate surface area is 96.0 Å². The molecule has 1 atom stereocenters. The Morgan fingerprint density at radius 2 is 2.29 bits per heavy atom. The SMILES string of the molecule is Cc1nc(C2CCCS2)nc(N)c1Br. The smallest absolute Gasteiger partial charge is 0.144 e. The number of thioether (sulfide) groups is 1. The summed E-state index contributed by atoms with van der Waals surface area (Å²) in [5.74, 6) is 2.66. The first-order valence-corrected chi connectivity index (χ1v) is 6.44. The molecule has 1 aliphatic rings. The molecule has 1 saturated heterocycles. The lowest BCUT2D eigenvalue weighted by molar-refractivity contribution is 0.772. The van der Waals surface area contributed by atoms with Crippen LogP contribution in [0.3, 0.4) is 0 Å². The van der Waals surface area contributed by atoms with Crippen LogP contribution in [0.15, 0.2) is 4.47 Å². The highest BCUT2D eigenvalue weighted by Gasteiger charge is 2.21. The Hall–Kier alpha value is -0.290. The van der Waals surface area contributed by atoms with Crippen molar-refractivity contribution in [3.05, 3.63) is 16.0 Å². The Balaban J connectivity index is 2.34. The van der Waals surface area contributed by atoms with Gasteiger partial charge in [-0.25, -0.2) is 9.97 Å². The van der Waals surface area contributed by atoms with Gasteiger partial charge in [0.15, 0.2) is 0 Å². The highest BCUT2D eigenvalue weighted by atomic mass is 79.9. The number of aryl methyl sites for hydroxylation is 1. The molecule has 14 heavy (non-hydrogen) atoms. The largest absolute Gasteiger partial charge is 0.383 e. The summed E-state index contributed by atoms with van der Waals surface area (Å²) in [5.41, 5.74) is 6.71. The van der Waals surface area contributed by atoms with Gasteiger partial charge in [-0.1, -0.05) is 0 Å². The van der Waals surface area contributed by atoms with E-state index in [2.05, 4.69) is 25.9 Å². The van der Waals surface area contributed by atoms with E-state index < -0.39 is 0 Å². The van der Waals surface area contributed by atoms with E-state index in [9.17, 15) is 0 Å². The highest BCUT2D eigenvalue weighted by molar-refractivity contribution is 9.10. The van der Waals surface area contributed by atoms with E-state index in [1.165, 1.54) is 18.6 Å². The van der Waals surface area contributed by atoms with E-state index in [0.29, 0.717) is 11.1 Å². The molecule has 3 nitrogen and oxygen atoms in total. The molecule has 0 amide bonds. The molecule has 2 N–H and O–H groups in total. The van der Waals surface area contributed by atoms with Crippen molar-refractivity contribution in [1.82, 2.24) is 9.97 Å². The van der Waals surface area contributed by atoms with Gasteiger partial charge in [-0.05, 0) is 41.4 Å². The number of aromatic nitrogens is 2. The highest BCUT2D eigenvalue weighted by Crippen LogP contribution is 2.39. The topological polar surface area (TPSA) is 51.8 Å². The first kappa shape index (κ1) is 10.2. The summed E-state index contributed by atoms with van der Waals surface area (Å²) in [4.78, 5) is 8.77. The molecule has 1 aromatic heterocycles. The molecule has 76 valence electrons. The van der Waals surface area contributed by atoms with Gasteiger partial charge in [0.1, 0.15) is 11.6 Å². The minimum Gasteiger partial charge on any atom is -0.383 e. The zero-order valence-corrected chi connectivity index (χ0v) is 10.4. The van der Waals surface area contributed by atoms with Crippen molar-refractivity contribution in [2.24, 2.45) is 0 Å². The standard InChI is InChI=1S/C9H12BrN3S/c1-5-7(10)8(11)13-9(12-5)6-3-2-4-14-6/h6H,2-4H2,1H3,(H2,11,12,13). The van der Waals surface area contributed by atoms with Crippen LogP contribution in [0.25, 0.3) is 0 Å². The maximum Gasteiger partial charge on any atom is 0.144 e. The Morgan fingerprint density at radius 1 is 1.50 bits per heavy atom. The van der Waals surface area contributed by atoms with Crippen molar-refractivity contribution in [2.75, 3.05) is 11.5 Å². The average Bonchev–Trinajstić information content (AvgIpc) is 2.66. The molecule has 0 spiro atoms. The van der Waals surface area contributed by atoms with Crippen molar-refractivity contribution in [2.45, 2.75) is 25.0 Å². The maximum absolute atomic E-state index is 5.78. The van der Waals surface area contributed by atoms with E-state index in [-0.39, 0.29) is 0 Å². The van der Waals surface area contributed by atoms with Gasteiger partial charge in [0.25, 0.3) is 0 Å². The number of hydrogen-bond donors (Lipinski definition) is 1. The van der Waals surface area contributed by atoms with Crippen molar-refractivity contribution < 1.29 is 0 Å². The summed E-state index contributed by atoms with van der Waals surface area (Å²) in [6.07, 6.45) is 2.43. The molecule has 0 saturated carbocycles. The van der Waals surface area contributed by atoms with E-state index in [0.717, 1.165) is 16.0 Å². The lowest BCUT2D eigenvalue weighted by Crippen LogP contribution is -2.04. The predicted molar refractivity (Wildman–Crippen MR) is 63.3 cm³/mol. The third-order valence-electron chi connectivity index (χ3n) is 2.28.